The maximum Gasteiger partial charge on any atom is 0.221 e. The van der Waals surface area contributed by atoms with Crippen LogP contribution in [0.15, 0.2) is 30.3 Å². The first kappa shape index (κ1) is 18.9. The van der Waals surface area contributed by atoms with E-state index in [9.17, 15) is 13.2 Å². The average molecular weight is 354 g/mol. The van der Waals surface area contributed by atoms with Gasteiger partial charge in [-0.3, -0.25) is 9.69 Å². The van der Waals surface area contributed by atoms with Crippen LogP contribution in [0.4, 0.5) is 0 Å². The molecule has 1 aliphatic rings. The van der Waals surface area contributed by atoms with Crippen LogP contribution in [0.25, 0.3) is 0 Å². The van der Waals surface area contributed by atoms with E-state index in [1.54, 1.807) is 0 Å². The molecule has 6 nitrogen and oxygen atoms in total. The Morgan fingerprint density at radius 3 is 2.54 bits per heavy atom. The summed E-state index contributed by atoms with van der Waals surface area (Å²) in [4.78, 5) is 14.2. The summed E-state index contributed by atoms with van der Waals surface area (Å²) in [5.74, 6) is -0.327. The molecule has 24 heavy (non-hydrogen) atoms. The second kappa shape index (κ2) is 9.15. The highest BCUT2D eigenvalue weighted by Crippen LogP contribution is 2.11. The van der Waals surface area contributed by atoms with Crippen LogP contribution in [-0.4, -0.2) is 70.1 Å². The monoisotopic (exact) mass is 354 g/mol. The van der Waals surface area contributed by atoms with E-state index in [0.29, 0.717) is 19.8 Å². The van der Waals surface area contributed by atoms with Gasteiger partial charge in [-0.25, -0.2) is 8.42 Å². The zero-order chi connectivity index (χ0) is 17.4. The lowest BCUT2D eigenvalue weighted by Gasteiger charge is -2.34. The molecule has 1 atom stereocenters. The average Bonchev–Trinajstić information content (AvgIpc) is 2.58. The lowest BCUT2D eigenvalue weighted by atomic mass is 10.0. The van der Waals surface area contributed by atoms with Gasteiger partial charge in [0.1, 0.15) is 9.84 Å². The Bertz CT molecular complexity index is 613. The normalized spacial score (nSPS) is 17.4. The molecular weight excluding hydrogens is 328 g/mol. The summed E-state index contributed by atoms with van der Waals surface area (Å²) in [6, 6.07) is 10.4. The zero-order valence-corrected chi connectivity index (χ0v) is 14.9. The van der Waals surface area contributed by atoms with Gasteiger partial charge in [0.2, 0.25) is 5.91 Å². The Labute approximate surface area is 144 Å². The van der Waals surface area contributed by atoms with Crippen LogP contribution < -0.4 is 5.32 Å². The summed E-state index contributed by atoms with van der Waals surface area (Å²) in [5.41, 5.74) is 1.22. The number of morpholine rings is 1. The van der Waals surface area contributed by atoms with Gasteiger partial charge in [0.15, 0.2) is 0 Å². The van der Waals surface area contributed by atoms with Crippen LogP contribution in [0.3, 0.4) is 0 Å². The molecule has 0 radical (unpaired) electrons. The van der Waals surface area contributed by atoms with Crippen molar-refractivity contribution >= 4 is 15.7 Å². The van der Waals surface area contributed by atoms with Crippen molar-refractivity contribution in [1.29, 1.82) is 0 Å². The largest absolute Gasteiger partial charge is 0.379 e. The second-order valence-corrected chi connectivity index (χ2v) is 8.44. The summed E-state index contributed by atoms with van der Waals surface area (Å²) in [7, 11) is -3.11. The molecule has 1 saturated heterocycles. The minimum Gasteiger partial charge on any atom is -0.379 e. The van der Waals surface area contributed by atoms with Gasteiger partial charge in [-0.05, 0) is 12.0 Å². The Balaban J connectivity index is 1.91. The lowest BCUT2D eigenvalue weighted by molar-refractivity contribution is -0.121. The van der Waals surface area contributed by atoms with Gasteiger partial charge in [0.25, 0.3) is 0 Å². The van der Waals surface area contributed by atoms with Crippen molar-refractivity contribution in [3.63, 3.8) is 0 Å². The molecule has 0 aromatic heterocycles. The molecule has 0 saturated carbocycles. The molecule has 1 N–H and O–H groups in total. The van der Waals surface area contributed by atoms with Gasteiger partial charge >= 0.3 is 0 Å². The van der Waals surface area contributed by atoms with E-state index in [1.165, 1.54) is 5.56 Å². The number of carbonyl (C=O) groups excluding carboxylic acids is 1. The van der Waals surface area contributed by atoms with Gasteiger partial charge in [-0.1, -0.05) is 30.3 Å². The van der Waals surface area contributed by atoms with Crippen LogP contribution in [0.1, 0.15) is 12.0 Å². The van der Waals surface area contributed by atoms with Gasteiger partial charge < -0.3 is 10.1 Å². The Morgan fingerprint density at radius 2 is 1.92 bits per heavy atom. The number of benzene rings is 1. The highest BCUT2D eigenvalue weighted by molar-refractivity contribution is 7.90. The smallest absolute Gasteiger partial charge is 0.221 e. The van der Waals surface area contributed by atoms with Crippen molar-refractivity contribution in [2.45, 2.75) is 18.9 Å². The molecule has 0 aliphatic carbocycles. The molecular formula is C17H26N2O4S. The number of ether oxygens (including phenoxy) is 1. The molecule has 1 fully saturated rings. The summed E-state index contributed by atoms with van der Waals surface area (Å²) >= 11 is 0. The molecule has 1 aromatic rings. The Morgan fingerprint density at radius 1 is 1.25 bits per heavy atom. The lowest BCUT2D eigenvalue weighted by Crippen LogP contribution is -2.49. The van der Waals surface area contributed by atoms with Crippen LogP contribution in [0.2, 0.25) is 0 Å². The number of amides is 1. The van der Waals surface area contributed by atoms with Gasteiger partial charge in [0.05, 0.1) is 19.0 Å². The highest BCUT2D eigenvalue weighted by Gasteiger charge is 2.22. The van der Waals surface area contributed by atoms with Crippen molar-refractivity contribution in [1.82, 2.24) is 10.2 Å². The fourth-order valence-corrected chi connectivity index (χ4v) is 3.31. The van der Waals surface area contributed by atoms with E-state index < -0.39 is 9.84 Å². The van der Waals surface area contributed by atoms with E-state index in [0.717, 1.165) is 25.8 Å². The Kier molecular flexibility index (Phi) is 7.20. The summed E-state index contributed by atoms with van der Waals surface area (Å²) in [6.07, 6.45) is 2.00. The van der Waals surface area contributed by atoms with E-state index >= 15 is 0 Å². The number of nitrogens with zero attached hydrogens (tertiary/aromatic N) is 1. The molecule has 2 rings (SSSR count). The quantitative estimate of drug-likeness (QED) is 0.735. The van der Waals surface area contributed by atoms with Gasteiger partial charge in [-0.2, -0.15) is 0 Å². The fourth-order valence-electron chi connectivity index (χ4n) is 2.76. The van der Waals surface area contributed by atoms with Crippen molar-refractivity contribution in [3.8, 4) is 0 Å². The number of hydrogen-bond donors (Lipinski definition) is 1. The van der Waals surface area contributed by atoms with E-state index in [1.807, 2.05) is 18.2 Å². The van der Waals surface area contributed by atoms with Crippen molar-refractivity contribution in [2.24, 2.45) is 0 Å². The van der Waals surface area contributed by atoms with Crippen LogP contribution in [0.5, 0.6) is 0 Å². The minimum absolute atomic E-state index is 0.0139. The molecule has 1 unspecified atom stereocenters. The number of hydrogen-bond acceptors (Lipinski definition) is 5. The van der Waals surface area contributed by atoms with Crippen molar-refractivity contribution < 1.29 is 17.9 Å². The Hall–Kier alpha value is -1.44. The molecule has 134 valence electrons. The zero-order valence-electron chi connectivity index (χ0n) is 14.1. The maximum atomic E-state index is 11.9. The SMILES string of the molecule is CS(=O)(=O)CCC(=O)NCC(Cc1ccccc1)N1CCOCC1. The maximum absolute atomic E-state index is 11.9. The van der Waals surface area contributed by atoms with Crippen LogP contribution >= 0.6 is 0 Å². The minimum atomic E-state index is -3.11. The standard InChI is InChI=1S/C17H26N2O4S/c1-24(21,22)12-7-17(20)18-14-16(19-8-10-23-11-9-19)13-15-5-3-2-4-6-15/h2-6,16H,7-14H2,1H3,(H,18,20). The molecule has 1 aliphatic heterocycles. The fraction of sp³-hybridized carbons (Fsp3) is 0.588. The third kappa shape index (κ3) is 6.98. The number of rotatable bonds is 8. The van der Waals surface area contributed by atoms with E-state index in [4.69, 9.17) is 4.74 Å². The summed E-state index contributed by atoms with van der Waals surface area (Å²) in [5, 5.41) is 2.89. The second-order valence-electron chi connectivity index (χ2n) is 6.18. The molecule has 7 heteroatoms. The predicted molar refractivity (Wildman–Crippen MR) is 93.7 cm³/mol. The molecule has 1 amide bonds. The van der Waals surface area contributed by atoms with E-state index in [2.05, 4.69) is 22.3 Å². The number of sulfone groups is 1. The summed E-state index contributed by atoms with van der Waals surface area (Å²) in [6.45, 7) is 3.60. The van der Waals surface area contributed by atoms with Crippen molar-refractivity contribution in [3.05, 3.63) is 35.9 Å². The van der Waals surface area contributed by atoms with Gasteiger partial charge in [0, 0.05) is 38.4 Å². The third-order valence-corrected chi connectivity index (χ3v) is 5.06. The first-order valence-corrected chi connectivity index (χ1v) is 10.3. The number of nitrogens with one attached hydrogen (secondary N) is 1. The van der Waals surface area contributed by atoms with Crippen LogP contribution in [0, 0.1) is 0 Å². The number of carbonyl (C=O) groups is 1. The summed E-state index contributed by atoms with van der Waals surface area (Å²) < 4.78 is 27.7. The van der Waals surface area contributed by atoms with Gasteiger partial charge in [-0.15, -0.1) is 0 Å². The van der Waals surface area contributed by atoms with Crippen LogP contribution in [-0.2, 0) is 25.8 Å². The topological polar surface area (TPSA) is 75.7 Å². The third-order valence-electron chi connectivity index (χ3n) is 4.11. The van der Waals surface area contributed by atoms with E-state index in [-0.39, 0.29) is 24.1 Å². The molecule has 0 bridgehead atoms. The first-order valence-electron chi connectivity index (χ1n) is 8.24. The molecule has 1 aromatic carbocycles. The predicted octanol–water partition coefficient (Wildman–Crippen LogP) is 0.481. The van der Waals surface area contributed by atoms with Crippen molar-refractivity contribution in [2.75, 3.05) is 44.9 Å². The molecule has 1 heterocycles. The molecule has 0 spiro atoms. The highest BCUT2D eigenvalue weighted by atomic mass is 32.2. The first-order chi connectivity index (χ1) is 11.4.